The standard InChI is InChI=1S/C21H18ClNO2/c22-16-8-4-5-9-17(16)23-20(24)18-13-10-14(12-6-2-1-3-7-12)15(11-13)19(18)21(23)25/h1-9,13-15,18-19H,10-11H2. The lowest BCUT2D eigenvalue weighted by atomic mass is 9.73. The van der Waals surface area contributed by atoms with Gasteiger partial charge in [-0.15, -0.1) is 0 Å². The minimum Gasteiger partial charge on any atom is -0.274 e. The molecule has 4 heteroatoms. The second-order valence-corrected chi connectivity index (χ2v) is 7.83. The second kappa shape index (κ2) is 5.43. The van der Waals surface area contributed by atoms with Crippen LogP contribution in [0.25, 0.3) is 0 Å². The van der Waals surface area contributed by atoms with E-state index < -0.39 is 0 Å². The third-order valence-corrected chi connectivity index (χ3v) is 6.66. The van der Waals surface area contributed by atoms with E-state index in [9.17, 15) is 9.59 Å². The van der Waals surface area contributed by atoms with Crippen LogP contribution in [0.15, 0.2) is 54.6 Å². The zero-order valence-corrected chi connectivity index (χ0v) is 14.4. The van der Waals surface area contributed by atoms with Crippen LogP contribution in [-0.2, 0) is 9.59 Å². The summed E-state index contributed by atoms with van der Waals surface area (Å²) in [6.45, 7) is 0. The summed E-state index contributed by atoms with van der Waals surface area (Å²) in [5.41, 5.74) is 1.83. The molecule has 0 aromatic heterocycles. The van der Waals surface area contributed by atoms with Gasteiger partial charge in [0.25, 0.3) is 0 Å². The number of halogens is 1. The molecule has 25 heavy (non-hydrogen) atoms. The molecule has 5 rings (SSSR count). The molecule has 2 aliphatic carbocycles. The molecule has 126 valence electrons. The zero-order chi connectivity index (χ0) is 17.1. The van der Waals surface area contributed by atoms with Crippen molar-refractivity contribution in [2.24, 2.45) is 23.7 Å². The van der Waals surface area contributed by atoms with Gasteiger partial charge in [-0.2, -0.15) is 0 Å². The maximum Gasteiger partial charge on any atom is 0.238 e. The average molecular weight is 352 g/mol. The van der Waals surface area contributed by atoms with E-state index in [2.05, 4.69) is 24.3 Å². The van der Waals surface area contributed by atoms with Gasteiger partial charge in [0, 0.05) is 0 Å². The molecule has 1 saturated heterocycles. The lowest BCUT2D eigenvalue weighted by Crippen LogP contribution is -2.33. The Labute approximate surface area is 151 Å². The minimum absolute atomic E-state index is 0.0536. The normalized spacial score (nSPS) is 33.2. The number of para-hydroxylation sites is 1. The Morgan fingerprint density at radius 1 is 0.840 bits per heavy atom. The maximum atomic E-state index is 13.2. The largest absolute Gasteiger partial charge is 0.274 e. The smallest absolute Gasteiger partial charge is 0.238 e. The van der Waals surface area contributed by atoms with Crippen LogP contribution in [0.1, 0.15) is 24.3 Å². The first kappa shape index (κ1) is 15.2. The molecule has 0 N–H and O–H groups in total. The van der Waals surface area contributed by atoms with Crippen LogP contribution in [0.3, 0.4) is 0 Å². The van der Waals surface area contributed by atoms with Gasteiger partial charge >= 0.3 is 0 Å². The molecule has 2 amide bonds. The summed E-state index contributed by atoms with van der Waals surface area (Å²) in [4.78, 5) is 27.5. The fraction of sp³-hybridized carbons (Fsp3) is 0.333. The van der Waals surface area contributed by atoms with Crippen LogP contribution in [0.2, 0.25) is 5.02 Å². The number of carbonyl (C=O) groups is 2. The van der Waals surface area contributed by atoms with Crippen molar-refractivity contribution < 1.29 is 9.59 Å². The van der Waals surface area contributed by atoms with Crippen molar-refractivity contribution in [3.05, 3.63) is 65.2 Å². The van der Waals surface area contributed by atoms with E-state index in [0.717, 1.165) is 12.8 Å². The number of nitrogens with zero attached hydrogens (tertiary/aromatic N) is 1. The number of rotatable bonds is 2. The fourth-order valence-corrected chi connectivity index (χ4v) is 5.63. The molecular formula is C21H18ClNO2. The SMILES string of the molecule is O=C1C2C3CC(c4ccccc4)C(C3)C2C(=O)N1c1ccccc1Cl. The summed E-state index contributed by atoms with van der Waals surface area (Å²) >= 11 is 6.26. The molecular weight excluding hydrogens is 334 g/mol. The highest BCUT2D eigenvalue weighted by Crippen LogP contribution is 2.62. The second-order valence-electron chi connectivity index (χ2n) is 7.43. The van der Waals surface area contributed by atoms with Crippen molar-refractivity contribution in [3.8, 4) is 0 Å². The van der Waals surface area contributed by atoms with Gasteiger partial charge in [-0.3, -0.25) is 9.59 Å². The predicted octanol–water partition coefficient (Wildman–Crippen LogP) is 4.27. The first-order valence-corrected chi connectivity index (χ1v) is 9.22. The van der Waals surface area contributed by atoms with Crippen LogP contribution >= 0.6 is 11.6 Å². The monoisotopic (exact) mass is 351 g/mol. The lowest BCUT2D eigenvalue weighted by Gasteiger charge is -2.28. The van der Waals surface area contributed by atoms with Crippen molar-refractivity contribution in [3.63, 3.8) is 0 Å². The molecule has 5 unspecified atom stereocenters. The number of imide groups is 1. The van der Waals surface area contributed by atoms with E-state index >= 15 is 0 Å². The van der Waals surface area contributed by atoms with Gasteiger partial charge in [0.1, 0.15) is 0 Å². The van der Waals surface area contributed by atoms with E-state index in [1.165, 1.54) is 10.5 Å². The molecule has 2 bridgehead atoms. The topological polar surface area (TPSA) is 37.4 Å². The summed E-state index contributed by atoms with van der Waals surface area (Å²) in [7, 11) is 0. The van der Waals surface area contributed by atoms with Crippen LogP contribution in [0, 0.1) is 23.7 Å². The number of amides is 2. The third-order valence-electron chi connectivity index (χ3n) is 6.34. The Hall–Kier alpha value is -2.13. The molecule has 5 atom stereocenters. The molecule has 3 nitrogen and oxygen atoms in total. The molecule has 3 fully saturated rings. The highest BCUT2D eigenvalue weighted by atomic mass is 35.5. The van der Waals surface area contributed by atoms with Crippen LogP contribution in [0.5, 0.6) is 0 Å². The summed E-state index contributed by atoms with van der Waals surface area (Å²) < 4.78 is 0. The minimum atomic E-state index is -0.187. The molecule has 1 aliphatic heterocycles. The van der Waals surface area contributed by atoms with Crippen molar-refractivity contribution in [2.75, 3.05) is 4.90 Å². The molecule has 1 heterocycles. The van der Waals surface area contributed by atoms with E-state index in [1.54, 1.807) is 12.1 Å². The predicted molar refractivity (Wildman–Crippen MR) is 96.3 cm³/mol. The maximum absolute atomic E-state index is 13.2. The van der Waals surface area contributed by atoms with Gasteiger partial charge < -0.3 is 0 Å². The van der Waals surface area contributed by atoms with Crippen molar-refractivity contribution >= 4 is 29.1 Å². The third kappa shape index (κ3) is 2.05. The Kier molecular flexibility index (Phi) is 3.29. The molecule has 0 spiro atoms. The summed E-state index contributed by atoms with van der Waals surface area (Å²) in [6, 6.07) is 17.5. The Morgan fingerprint density at radius 2 is 1.52 bits per heavy atom. The Bertz CT molecular complexity index is 865. The van der Waals surface area contributed by atoms with Gasteiger partial charge in [-0.05, 0) is 48.3 Å². The number of carbonyl (C=O) groups excluding carboxylic acids is 2. The van der Waals surface area contributed by atoms with Crippen molar-refractivity contribution in [1.29, 1.82) is 0 Å². The number of hydrogen-bond acceptors (Lipinski definition) is 2. The average Bonchev–Trinajstić information content (AvgIpc) is 3.29. The number of anilines is 1. The van der Waals surface area contributed by atoms with E-state index in [4.69, 9.17) is 11.6 Å². The lowest BCUT2D eigenvalue weighted by molar-refractivity contribution is -0.123. The molecule has 0 radical (unpaired) electrons. The van der Waals surface area contributed by atoms with E-state index in [1.807, 2.05) is 18.2 Å². The highest BCUT2D eigenvalue weighted by molar-refractivity contribution is 6.36. The van der Waals surface area contributed by atoms with Gasteiger partial charge in [0.2, 0.25) is 11.8 Å². The zero-order valence-electron chi connectivity index (χ0n) is 13.6. The fourth-order valence-electron chi connectivity index (χ4n) is 5.41. The summed E-state index contributed by atoms with van der Waals surface area (Å²) in [5, 5.41) is 0.455. The molecule has 3 aliphatic rings. The summed E-state index contributed by atoms with van der Waals surface area (Å²) in [5.74, 6) is 0.501. The first-order valence-electron chi connectivity index (χ1n) is 8.84. The van der Waals surface area contributed by atoms with Gasteiger partial charge in [0.15, 0.2) is 0 Å². The van der Waals surface area contributed by atoms with Gasteiger partial charge in [0.05, 0.1) is 22.5 Å². The highest BCUT2D eigenvalue weighted by Gasteiger charge is 2.64. The summed E-state index contributed by atoms with van der Waals surface area (Å²) in [6.07, 6.45) is 1.99. The Morgan fingerprint density at radius 3 is 2.28 bits per heavy atom. The number of benzene rings is 2. The van der Waals surface area contributed by atoms with Crippen LogP contribution in [0.4, 0.5) is 5.69 Å². The van der Waals surface area contributed by atoms with E-state index in [-0.39, 0.29) is 29.6 Å². The van der Waals surface area contributed by atoms with Crippen molar-refractivity contribution in [2.45, 2.75) is 18.8 Å². The number of fused-ring (bicyclic) bond motifs is 5. The molecule has 2 aromatic rings. The molecule has 2 saturated carbocycles. The van der Waals surface area contributed by atoms with E-state index in [0.29, 0.717) is 22.5 Å². The molecule has 2 aromatic carbocycles. The number of hydrogen-bond donors (Lipinski definition) is 0. The first-order chi connectivity index (χ1) is 12.2. The van der Waals surface area contributed by atoms with Crippen molar-refractivity contribution in [1.82, 2.24) is 0 Å². The quantitative estimate of drug-likeness (QED) is 0.758. The van der Waals surface area contributed by atoms with Crippen LogP contribution < -0.4 is 4.90 Å². The van der Waals surface area contributed by atoms with Crippen LogP contribution in [-0.4, -0.2) is 11.8 Å². The van der Waals surface area contributed by atoms with Gasteiger partial charge in [-0.25, -0.2) is 4.90 Å². The Balaban J connectivity index is 1.52. The van der Waals surface area contributed by atoms with Gasteiger partial charge in [-0.1, -0.05) is 54.1 Å².